The lowest BCUT2D eigenvalue weighted by molar-refractivity contribution is 0.103. The van der Waals surface area contributed by atoms with Crippen molar-refractivity contribution in [3.63, 3.8) is 0 Å². The minimum atomic E-state index is -0.0753. The number of hydrogen-bond donors (Lipinski definition) is 1. The number of nitrogens with zero attached hydrogens (tertiary/aromatic N) is 4. The van der Waals surface area contributed by atoms with Crippen molar-refractivity contribution in [2.45, 2.75) is 13.5 Å². The summed E-state index contributed by atoms with van der Waals surface area (Å²) in [5.41, 5.74) is 2.22. The summed E-state index contributed by atoms with van der Waals surface area (Å²) in [5.74, 6) is 0.362. The van der Waals surface area contributed by atoms with Gasteiger partial charge in [0.1, 0.15) is 11.3 Å². The van der Waals surface area contributed by atoms with E-state index in [9.17, 15) is 4.79 Å². The Morgan fingerprint density at radius 3 is 2.69 bits per heavy atom. The lowest BCUT2D eigenvalue weighted by Crippen LogP contribution is -2.10. The van der Waals surface area contributed by atoms with Crippen LogP contribution in [0.4, 0.5) is 5.95 Å². The molecule has 0 aromatic carbocycles. The first kappa shape index (κ1) is 16.4. The fourth-order valence-electron chi connectivity index (χ4n) is 2.74. The van der Waals surface area contributed by atoms with Crippen molar-refractivity contribution in [3.8, 4) is 0 Å². The number of anilines is 1. The van der Waals surface area contributed by atoms with E-state index in [0.717, 1.165) is 21.5 Å². The molecule has 0 bridgehead atoms. The summed E-state index contributed by atoms with van der Waals surface area (Å²) >= 11 is 1.48. The molecule has 4 aromatic rings. The molecule has 4 heterocycles. The number of rotatable bonds is 5. The molecule has 0 aliphatic carbocycles. The minimum absolute atomic E-state index is 0.0753. The van der Waals surface area contributed by atoms with E-state index < -0.39 is 0 Å². The van der Waals surface area contributed by atoms with Crippen molar-refractivity contribution >= 4 is 34.1 Å². The maximum absolute atomic E-state index is 13.0. The molecule has 0 radical (unpaired) electrons. The number of thiophene rings is 1. The van der Waals surface area contributed by atoms with Gasteiger partial charge in [-0.25, -0.2) is 4.98 Å². The van der Waals surface area contributed by atoms with E-state index in [2.05, 4.69) is 20.3 Å². The standard InChI is InChI=1S/C19H17N5OS/c1-12-3-4-15(26-12)17(25)16-14-7-10-24(2)18(14)23-19(22-16)21-11-13-5-8-20-9-6-13/h3-10H,11H2,1-2H3,(H,21,22,23). The molecule has 130 valence electrons. The van der Waals surface area contributed by atoms with Crippen molar-refractivity contribution in [2.75, 3.05) is 5.32 Å². The summed E-state index contributed by atoms with van der Waals surface area (Å²) in [5, 5.41) is 3.97. The Balaban J connectivity index is 1.73. The summed E-state index contributed by atoms with van der Waals surface area (Å²) in [7, 11) is 1.91. The minimum Gasteiger partial charge on any atom is -0.350 e. The summed E-state index contributed by atoms with van der Waals surface area (Å²) < 4.78 is 1.89. The second kappa shape index (κ2) is 6.68. The van der Waals surface area contributed by atoms with Crippen LogP contribution in [0.2, 0.25) is 0 Å². The maximum Gasteiger partial charge on any atom is 0.225 e. The Labute approximate surface area is 154 Å². The molecule has 4 aromatic heterocycles. The highest BCUT2D eigenvalue weighted by molar-refractivity contribution is 7.14. The van der Waals surface area contributed by atoms with Crippen LogP contribution in [0.15, 0.2) is 48.9 Å². The zero-order valence-electron chi connectivity index (χ0n) is 14.4. The number of hydrogen-bond acceptors (Lipinski definition) is 6. The van der Waals surface area contributed by atoms with Gasteiger partial charge in [0, 0.05) is 42.4 Å². The fourth-order valence-corrected chi connectivity index (χ4v) is 3.55. The monoisotopic (exact) mass is 363 g/mol. The molecule has 1 N–H and O–H groups in total. The van der Waals surface area contributed by atoms with Crippen LogP contribution in [-0.2, 0) is 13.6 Å². The number of carbonyl (C=O) groups is 1. The smallest absolute Gasteiger partial charge is 0.225 e. The topological polar surface area (TPSA) is 72.7 Å². The Bertz CT molecular complexity index is 1080. The normalized spacial score (nSPS) is 11.0. The number of ketones is 1. The zero-order valence-corrected chi connectivity index (χ0v) is 15.2. The summed E-state index contributed by atoms with van der Waals surface area (Å²) in [4.78, 5) is 27.9. The average molecular weight is 363 g/mol. The number of aryl methyl sites for hydroxylation is 2. The lowest BCUT2D eigenvalue weighted by Gasteiger charge is -2.08. The van der Waals surface area contributed by atoms with Gasteiger partial charge in [-0.15, -0.1) is 11.3 Å². The van der Waals surface area contributed by atoms with Crippen molar-refractivity contribution in [2.24, 2.45) is 7.05 Å². The number of aromatic nitrogens is 4. The van der Waals surface area contributed by atoms with E-state index in [4.69, 9.17) is 0 Å². The van der Waals surface area contributed by atoms with Crippen molar-refractivity contribution in [1.29, 1.82) is 0 Å². The molecule has 0 unspecified atom stereocenters. The molecule has 0 fully saturated rings. The first-order chi connectivity index (χ1) is 12.6. The van der Waals surface area contributed by atoms with Gasteiger partial charge in [0.25, 0.3) is 0 Å². The highest BCUT2D eigenvalue weighted by Gasteiger charge is 2.19. The molecule has 0 saturated carbocycles. The van der Waals surface area contributed by atoms with Crippen LogP contribution in [-0.4, -0.2) is 25.3 Å². The molecule has 0 spiro atoms. The predicted octanol–water partition coefficient (Wildman–Crippen LogP) is 3.58. The van der Waals surface area contributed by atoms with Gasteiger partial charge in [-0.2, -0.15) is 4.98 Å². The van der Waals surface area contributed by atoms with Crippen molar-refractivity contribution in [3.05, 3.63) is 69.9 Å². The van der Waals surface area contributed by atoms with Crippen LogP contribution in [0.25, 0.3) is 11.0 Å². The third-order valence-corrected chi connectivity index (χ3v) is 5.10. The van der Waals surface area contributed by atoms with Crippen LogP contribution < -0.4 is 5.32 Å². The van der Waals surface area contributed by atoms with E-state index in [1.54, 1.807) is 12.4 Å². The van der Waals surface area contributed by atoms with Gasteiger partial charge in [-0.05, 0) is 42.8 Å². The van der Waals surface area contributed by atoms with E-state index in [0.29, 0.717) is 23.1 Å². The predicted molar refractivity (Wildman–Crippen MR) is 103 cm³/mol. The Morgan fingerprint density at radius 2 is 1.96 bits per heavy atom. The molecule has 0 aliphatic rings. The first-order valence-electron chi connectivity index (χ1n) is 8.19. The van der Waals surface area contributed by atoms with Gasteiger partial charge in [0.2, 0.25) is 11.7 Å². The summed E-state index contributed by atoms with van der Waals surface area (Å²) in [6.07, 6.45) is 5.38. The quantitative estimate of drug-likeness (QED) is 0.549. The third kappa shape index (κ3) is 3.09. The van der Waals surface area contributed by atoms with Gasteiger partial charge in [-0.1, -0.05) is 0 Å². The fraction of sp³-hybridized carbons (Fsp3) is 0.158. The molecule has 7 heteroatoms. The van der Waals surface area contributed by atoms with Crippen LogP contribution in [0.1, 0.15) is 25.8 Å². The first-order valence-corrected chi connectivity index (χ1v) is 9.00. The number of nitrogens with one attached hydrogen (secondary N) is 1. The van der Waals surface area contributed by atoms with Gasteiger partial charge in [0.15, 0.2) is 0 Å². The largest absolute Gasteiger partial charge is 0.350 e. The molecule has 6 nitrogen and oxygen atoms in total. The highest BCUT2D eigenvalue weighted by atomic mass is 32.1. The van der Waals surface area contributed by atoms with Gasteiger partial charge in [-0.3, -0.25) is 9.78 Å². The Kier molecular flexibility index (Phi) is 4.22. The van der Waals surface area contributed by atoms with Crippen LogP contribution in [0.5, 0.6) is 0 Å². The molecule has 0 atom stereocenters. The molecule has 0 saturated heterocycles. The number of pyridine rings is 1. The molecule has 4 rings (SSSR count). The van der Waals surface area contributed by atoms with Crippen molar-refractivity contribution in [1.82, 2.24) is 19.5 Å². The Hall–Kier alpha value is -3.06. The van der Waals surface area contributed by atoms with Crippen molar-refractivity contribution < 1.29 is 4.79 Å². The maximum atomic E-state index is 13.0. The highest BCUT2D eigenvalue weighted by Crippen LogP contribution is 2.24. The molecule has 0 amide bonds. The molecular formula is C19H17N5OS. The van der Waals surface area contributed by atoms with E-state index >= 15 is 0 Å². The summed E-state index contributed by atoms with van der Waals surface area (Å²) in [6, 6.07) is 9.53. The molecule has 0 aliphatic heterocycles. The lowest BCUT2D eigenvalue weighted by atomic mass is 10.2. The van der Waals surface area contributed by atoms with Gasteiger partial charge in [0.05, 0.1) is 4.88 Å². The van der Waals surface area contributed by atoms with E-state index in [1.807, 2.05) is 55.1 Å². The van der Waals surface area contributed by atoms with Crippen LogP contribution in [0.3, 0.4) is 0 Å². The third-order valence-electron chi connectivity index (χ3n) is 4.10. The molecular weight excluding hydrogens is 346 g/mol. The van der Waals surface area contributed by atoms with Crippen LogP contribution >= 0.6 is 11.3 Å². The number of fused-ring (bicyclic) bond motifs is 1. The van der Waals surface area contributed by atoms with Gasteiger partial charge >= 0.3 is 0 Å². The second-order valence-electron chi connectivity index (χ2n) is 6.01. The SMILES string of the molecule is Cc1ccc(C(=O)c2nc(NCc3ccncc3)nc3c2ccn3C)s1. The number of carbonyl (C=O) groups excluding carboxylic acids is 1. The second-order valence-corrected chi connectivity index (χ2v) is 7.30. The van der Waals surface area contributed by atoms with Gasteiger partial charge < -0.3 is 9.88 Å². The zero-order chi connectivity index (χ0) is 18.1. The van der Waals surface area contributed by atoms with Crippen LogP contribution in [0, 0.1) is 6.92 Å². The van der Waals surface area contributed by atoms with E-state index in [-0.39, 0.29) is 5.78 Å². The van der Waals surface area contributed by atoms with E-state index in [1.165, 1.54) is 11.3 Å². The average Bonchev–Trinajstić information content (AvgIpc) is 3.26. The molecule has 26 heavy (non-hydrogen) atoms. The Morgan fingerprint density at radius 1 is 1.15 bits per heavy atom. The summed E-state index contributed by atoms with van der Waals surface area (Å²) in [6.45, 7) is 2.55.